The molecule has 0 aliphatic rings. The number of amides is 1. The summed E-state index contributed by atoms with van der Waals surface area (Å²) in [4.78, 5) is 11.4. The highest BCUT2D eigenvalue weighted by Crippen LogP contribution is 2.20. The molecule has 0 aliphatic heterocycles. The van der Waals surface area contributed by atoms with Crippen LogP contribution in [0.5, 0.6) is 0 Å². The Balaban J connectivity index is 2.84. The van der Waals surface area contributed by atoms with Gasteiger partial charge >= 0.3 is 0 Å². The summed E-state index contributed by atoms with van der Waals surface area (Å²) in [5.41, 5.74) is 6.49. The summed E-state index contributed by atoms with van der Waals surface area (Å²) in [6, 6.07) is 6.48. The minimum atomic E-state index is -3.77. The van der Waals surface area contributed by atoms with E-state index < -0.39 is 21.5 Å². The fourth-order valence-corrected chi connectivity index (χ4v) is 2.87. The highest BCUT2D eigenvalue weighted by Gasteiger charge is 2.21. The van der Waals surface area contributed by atoms with Gasteiger partial charge in [-0.25, -0.2) is 8.42 Å². The second-order valence-corrected chi connectivity index (χ2v) is 6.02. The largest absolute Gasteiger partial charge is 0.398 e. The molecule has 0 radical (unpaired) electrons. The zero-order valence-corrected chi connectivity index (χ0v) is 11.3. The number of aryl methyl sites for hydroxylation is 1. The number of anilines is 1. The van der Waals surface area contributed by atoms with Crippen LogP contribution in [-0.2, 0) is 14.6 Å². The van der Waals surface area contributed by atoms with Crippen molar-refractivity contribution in [2.75, 3.05) is 18.0 Å². The summed E-state index contributed by atoms with van der Waals surface area (Å²) >= 11 is 0. The minimum Gasteiger partial charge on any atom is -0.398 e. The summed E-state index contributed by atoms with van der Waals surface area (Å²) in [6.07, 6.45) is 0.137. The number of sulfone groups is 1. The maximum Gasteiger partial charge on any atom is 0.235 e. The van der Waals surface area contributed by atoms with Gasteiger partial charge in [0.2, 0.25) is 5.91 Å². The fourth-order valence-electron chi connectivity index (χ4n) is 1.47. The molecule has 6 nitrogen and oxygen atoms in total. The summed E-state index contributed by atoms with van der Waals surface area (Å²) in [6.45, 7) is 1.87. The predicted molar refractivity (Wildman–Crippen MR) is 70.9 cm³/mol. The number of hydrogen-bond donors (Lipinski definition) is 2. The number of nitrogens with one attached hydrogen (secondary N) is 1. The van der Waals surface area contributed by atoms with Crippen molar-refractivity contribution in [2.24, 2.45) is 0 Å². The van der Waals surface area contributed by atoms with E-state index in [1.807, 2.05) is 6.07 Å². The molecule has 0 saturated heterocycles. The first-order chi connectivity index (χ1) is 8.86. The first-order valence-electron chi connectivity index (χ1n) is 5.59. The van der Waals surface area contributed by atoms with E-state index in [4.69, 9.17) is 11.0 Å². The van der Waals surface area contributed by atoms with Crippen LogP contribution in [0.1, 0.15) is 12.0 Å². The molecule has 1 aromatic rings. The van der Waals surface area contributed by atoms with Crippen LogP contribution in [0.3, 0.4) is 0 Å². The number of benzene rings is 1. The van der Waals surface area contributed by atoms with Crippen LogP contribution >= 0.6 is 0 Å². The lowest BCUT2D eigenvalue weighted by atomic mass is 10.2. The summed E-state index contributed by atoms with van der Waals surface area (Å²) < 4.78 is 24.1. The van der Waals surface area contributed by atoms with Gasteiger partial charge in [-0.3, -0.25) is 4.79 Å². The Morgan fingerprint density at radius 3 is 2.79 bits per heavy atom. The Hall–Kier alpha value is -2.07. The summed E-state index contributed by atoms with van der Waals surface area (Å²) in [7, 11) is -3.77. The van der Waals surface area contributed by atoms with E-state index in [1.165, 1.54) is 12.1 Å². The molecule has 3 N–H and O–H groups in total. The minimum absolute atomic E-state index is 0.0390. The van der Waals surface area contributed by atoms with Crippen LogP contribution in [-0.4, -0.2) is 26.6 Å². The highest BCUT2D eigenvalue weighted by molar-refractivity contribution is 7.92. The molecule has 19 heavy (non-hydrogen) atoms. The normalized spacial score (nSPS) is 10.7. The topological polar surface area (TPSA) is 113 Å². The number of carbonyl (C=O) groups excluding carboxylic acids is 1. The van der Waals surface area contributed by atoms with E-state index in [0.29, 0.717) is 0 Å². The first kappa shape index (κ1) is 15.0. The third-order valence-corrected chi connectivity index (χ3v) is 4.05. The van der Waals surface area contributed by atoms with E-state index in [1.54, 1.807) is 13.0 Å². The van der Waals surface area contributed by atoms with Crippen molar-refractivity contribution in [3.05, 3.63) is 23.8 Å². The maximum absolute atomic E-state index is 12.0. The van der Waals surface area contributed by atoms with E-state index in [-0.39, 0.29) is 23.5 Å². The zero-order chi connectivity index (χ0) is 14.5. The van der Waals surface area contributed by atoms with E-state index in [2.05, 4.69) is 5.32 Å². The molecular weight excluding hydrogens is 266 g/mol. The van der Waals surface area contributed by atoms with Crippen molar-refractivity contribution in [1.82, 2.24) is 5.32 Å². The smallest absolute Gasteiger partial charge is 0.235 e. The first-order valence-corrected chi connectivity index (χ1v) is 7.24. The quantitative estimate of drug-likeness (QED) is 0.598. The molecule has 102 valence electrons. The molecule has 0 aliphatic carbocycles. The Morgan fingerprint density at radius 2 is 2.16 bits per heavy atom. The maximum atomic E-state index is 12.0. The van der Waals surface area contributed by atoms with Crippen LogP contribution in [0.25, 0.3) is 0 Å². The molecule has 0 spiro atoms. The molecule has 0 unspecified atom stereocenters. The SMILES string of the molecule is Cc1ccc(N)c(S(=O)(=O)CC(=O)NCCC#N)c1. The Bertz CT molecular complexity index is 618. The van der Waals surface area contributed by atoms with Gasteiger partial charge in [-0.15, -0.1) is 0 Å². The number of rotatable bonds is 5. The molecule has 7 heteroatoms. The zero-order valence-electron chi connectivity index (χ0n) is 10.5. The van der Waals surface area contributed by atoms with Gasteiger partial charge in [-0.2, -0.15) is 5.26 Å². The van der Waals surface area contributed by atoms with Crippen molar-refractivity contribution in [3.63, 3.8) is 0 Å². The van der Waals surface area contributed by atoms with Crippen molar-refractivity contribution >= 4 is 21.4 Å². The lowest BCUT2D eigenvalue weighted by molar-refractivity contribution is -0.118. The Labute approximate surface area is 112 Å². The average Bonchev–Trinajstić information content (AvgIpc) is 2.32. The molecule has 1 rings (SSSR count). The summed E-state index contributed by atoms with van der Waals surface area (Å²) in [5.74, 6) is -1.32. The van der Waals surface area contributed by atoms with Gasteiger partial charge in [0, 0.05) is 6.54 Å². The van der Waals surface area contributed by atoms with Crippen molar-refractivity contribution in [2.45, 2.75) is 18.2 Å². The molecule has 0 aromatic heterocycles. The molecule has 0 saturated carbocycles. The second kappa shape index (κ2) is 6.20. The van der Waals surface area contributed by atoms with Crippen LogP contribution in [0, 0.1) is 18.3 Å². The second-order valence-electron chi connectivity index (χ2n) is 4.06. The number of nitriles is 1. The van der Waals surface area contributed by atoms with Crippen molar-refractivity contribution in [3.8, 4) is 6.07 Å². The van der Waals surface area contributed by atoms with Gasteiger partial charge in [0.25, 0.3) is 0 Å². The average molecular weight is 281 g/mol. The van der Waals surface area contributed by atoms with E-state index in [9.17, 15) is 13.2 Å². The lowest BCUT2D eigenvalue weighted by Crippen LogP contribution is -2.31. The van der Waals surface area contributed by atoms with Crippen LogP contribution in [0.2, 0.25) is 0 Å². The lowest BCUT2D eigenvalue weighted by Gasteiger charge is -2.08. The van der Waals surface area contributed by atoms with Gasteiger partial charge in [0.15, 0.2) is 9.84 Å². The predicted octanol–water partition coefficient (Wildman–Crippen LogP) is 0.381. The van der Waals surface area contributed by atoms with Crippen molar-refractivity contribution in [1.29, 1.82) is 5.26 Å². The van der Waals surface area contributed by atoms with Gasteiger partial charge in [-0.05, 0) is 24.6 Å². The van der Waals surface area contributed by atoms with Crippen LogP contribution < -0.4 is 11.1 Å². The number of hydrogen-bond acceptors (Lipinski definition) is 5. The molecule has 1 amide bonds. The monoisotopic (exact) mass is 281 g/mol. The molecule has 0 atom stereocenters. The molecule has 0 heterocycles. The number of nitrogens with zero attached hydrogens (tertiary/aromatic N) is 1. The van der Waals surface area contributed by atoms with E-state index in [0.717, 1.165) is 5.56 Å². The standard InChI is InChI=1S/C12H15N3O3S/c1-9-3-4-10(14)11(7-9)19(17,18)8-12(16)15-6-2-5-13/h3-4,7H,2,6,8,14H2,1H3,(H,15,16). The van der Waals surface area contributed by atoms with Gasteiger partial charge in [0.05, 0.1) is 23.1 Å². The van der Waals surface area contributed by atoms with Gasteiger partial charge in [0.1, 0.15) is 5.75 Å². The molecule has 0 bridgehead atoms. The number of nitrogens with two attached hydrogens (primary N) is 1. The van der Waals surface area contributed by atoms with Crippen LogP contribution in [0.4, 0.5) is 5.69 Å². The van der Waals surface area contributed by atoms with Gasteiger partial charge < -0.3 is 11.1 Å². The summed E-state index contributed by atoms with van der Waals surface area (Å²) in [5, 5.41) is 10.7. The Kier molecular flexibility index (Phi) is 4.89. The van der Waals surface area contributed by atoms with Crippen molar-refractivity contribution < 1.29 is 13.2 Å². The van der Waals surface area contributed by atoms with E-state index >= 15 is 0 Å². The van der Waals surface area contributed by atoms with Gasteiger partial charge in [-0.1, -0.05) is 6.07 Å². The fraction of sp³-hybridized carbons (Fsp3) is 0.333. The molecule has 1 aromatic carbocycles. The third-order valence-electron chi connectivity index (χ3n) is 2.38. The van der Waals surface area contributed by atoms with Crippen LogP contribution in [0.15, 0.2) is 23.1 Å². The number of nitrogen functional groups attached to an aromatic ring is 1. The third kappa shape index (κ3) is 4.26. The molecular formula is C12H15N3O3S. The highest BCUT2D eigenvalue weighted by atomic mass is 32.2. The number of carbonyl (C=O) groups is 1. The molecule has 0 fully saturated rings. The Morgan fingerprint density at radius 1 is 1.47 bits per heavy atom.